The number of carbonyl (C=O) groups is 1. The fourth-order valence-corrected chi connectivity index (χ4v) is 2.66. The molecule has 3 N–H and O–H groups in total. The van der Waals surface area contributed by atoms with Crippen LogP contribution in [0.1, 0.15) is 10.4 Å². The van der Waals surface area contributed by atoms with Crippen LogP contribution >= 0.6 is 11.6 Å². The molecule has 0 saturated carbocycles. The molecule has 7 nitrogen and oxygen atoms in total. The third-order valence-electron chi connectivity index (χ3n) is 2.45. The third-order valence-corrected chi connectivity index (χ3v) is 4.10. The number of aromatic amines is 1. The van der Waals surface area contributed by atoms with E-state index >= 15 is 0 Å². The largest absolute Gasteiger partial charge is 0.355 e. The molecule has 2 rings (SSSR count). The van der Waals surface area contributed by atoms with Gasteiger partial charge in [0.05, 0.1) is 16.8 Å². The zero-order chi connectivity index (χ0) is 14.8. The average Bonchev–Trinajstić information content (AvgIpc) is 2.94. The first kappa shape index (κ1) is 14.4. The number of anilines is 1. The van der Waals surface area contributed by atoms with Crippen molar-refractivity contribution < 1.29 is 13.2 Å². The van der Waals surface area contributed by atoms with Crippen molar-refractivity contribution in [3.8, 4) is 0 Å². The normalized spacial score (nSPS) is 11.1. The van der Waals surface area contributed by atoms with Crippen molar-refractivity contribution in [2.75, 3.05) is 11.8 Å². The van der Waals surface area contributed by atoms with Crippen molar-refractivity contribution in [3.63, 3.8) is 0 Å². The number of benzene rings is 1. The maximum absolute atomic E-state index is 12.0. The standard InChI is InChI=1S/C11H11ClN4O3S/c1-13-11(17)8-6-7(2-3-9(8)12)16-20(18,19)10-4-5-14-15-10/h2-6,16H,1H3,(H,13,17)(H,14,15). The topological polar surface area (TPSA) is 104 Å². The second-order valence-electron chi connectivity index (χ2n) is 3.80. The molecular formula is C11H11ClN4O3S. The van der Waals surface area contributed by atoms with Gasteiger partial charge in [-0.05, 0) is 24.3 Å². The third kappa shape index (κ3) is 2.91. The molecule has 0 atom stereocenters. The van der Waals surface area contributed by atoms with Gasteiger partial charge in [-0.25, -0.2) is 0 Å². The predicted molar refractivity (Wildman–Crippen MR) is 74.2 cm³/mol. The first-order chi connectivity index (χ1) is 9.44. The lowest BCUT2D eigenvalue weighted by molar-refractivity contribution is 0.0963. The summed E-state index contributed by atoms with van der Waals surface area (Å²) in [7, 11) is -2.32. The van der Waals surface area contributed by atoms with E-state index in [1.165, 1.54) is 37.5 Å². The van der Waals surface area contributed by atoms with Crippen molar-refractivity contribution in [2.45, 2.75) is 5.03 Å². The fraction of sp³-hybridized carbons (Fsp3) is 0.0909. The Bertz CT molecular complexity index is 728. The van der Waals surface area contributed by atoms with E-state index in [9.17, 15) is 13.2 Å². The Labute approximate surface area is 120 Å². The van der Waals surface area contributed by atoms with Crippen LogP contribution in [-0.2, 0) is 10.0 Å². The van der Waals surface area contributed by atoms with Gasteiger partial charge < -0.3 is 5.32 Å². The highest BCUT2D eigenvalue weighted by Crippen LogP contribution is 2.22. The lowest BCUT2D eigenvalue weighted by Gasteiger charge is -2.09. The zero-order valence-corrected chi connectivity index (χ0v) is 11.9. The van der Waals surface area contributed by atoms with Gasteiger partial charge in [0.25, 0.3) is 15.9 Å². The van der Waals surface area contributed by atoms with E-state index in [0.29, 0.717) is 0 Å². The number of halogens is 1. The van der Waals surface area contributed by atoms with E-state index in [4.69, 9.17) is 11.6 Å². The van der Waals surface area contributed by atoms with Crippen LogP contribution < -0.4 is 10.0 Å². The summed E-state index contributed by atoms with van der Waals surface area (Å²) < 4.78 is 26.3. The molecule has 0 aliphatic rings. The highest BCUT2D eigenvalue weighted by Gasteiger charge is 2.17. The average molecular weight is 315 g/mol. The quantitative estimate of drug-likeness (QED) is 0.789. The van der Waals surface area contributed by atoms with E-state index in [1.54, 1.807) is 0 Å². The number of nitrogens with zero attached hydrogens (tertiary/aromatic N) is 1. The van der Waals surface area contributed by atoms with Crippen LogP contribution in [-0.4, -0.2) is 31.6 Å². The molecule has 1 aromatic heterocycles. The van der Waals surface area contributed by atoms with E-state index in [2.05, 4.69) is 20.2 Å². The Morgan fingerprint density at radius 1 is 1.35 bits per heavy atom. The van der Waals surface area contributed by atoms with E-state index in [-0.39, 0.29) is 21.3 Å². The first-order valence-electron chi connectivity index (χ1n) is 5.48. The Morgan fingerprint density at radius 3 is 2.70 bits per heavy atom. The van der Waals surface area contributed by atoms with E-state index in [0.717, 1.165) is 0 Å². The molecule has 0 radical (unpaired) electrons. The van der Waals surface area contributed by atoms with Gasteiger partial charge in [-0.15, -0.1) is 0 Å². The number of sulfonamides is 1. The van der Waals surface area contributed by atoms with Crippen LogP contribution in [0.3, 0.4) is 0 Å². The molecule has 0 bridgehead atoms. The number of H-pyrrole nitrogens is 1. The number of aromatic nitrogens is 2. The van der Waals surface area contributed by atoms with Crippen LogP contribution in [0.4, 0.5) is 5.69 Å². The molecule has 0 fully saturated rings. The van der Waals surface area contributed by atoms with Crippen LogP contribution in [0, 0.1) is 0 Å². The summed E-state index contributed by atoms with van der Waals surface area (Å²) >= 11 is 5.89. The van der Waals surface area contributed by atoms with Gasteiger partial charge in [-0.2, -0.15) is 13.5 Å². The smallest absolute Gasteiger partial charge is 0.278 e. The van der Waals surface area contributed by atoms with Gasteiger partial charge in [0.15, 0.2) is 5.03 Å². The predicted octanol–water partition coefficient (Wildman–Crippen LogP) is 1.22. The summed E-state index contributed by atoms with van der Waals surface area (Å²) in [5, 5.41) is 8.50. The molecule has 1 heterocycles. The molecule has 1 amide bonds. The first-order valence-corrected chi connectivity index (χ1v) is 7.34. The number of hydrogen-bond acceptors (Lipinski definition) is 4. The maximum Gasteiger partial charge on any atom is 0.278 e. The molecule has 20 heavy (non-hydrogen) atoms. The molecule has 1 aromatic carbocycles. The molecule has 2 aromatic rings. The number of amides is 1. The molecular weight excluding hydrogens is 304 g/mol. The summed E-state index contributed by atoms with van der Waals surface area (Å²) in [6.07, 6.45) is 1.33. The van der Waals surface area contributed by atoms with Gasteiger partial charge in [0.1, 0.15) is 0 Å². The SMILES string of the molecule is CNC(=O)c1cc(NS(=O)(=O)c2ccn[nH]2)ccc1Cl. The number of carbonyl (C=O) groups excluding carboxylic acids is 1. The lowest BCUT2D eigenvalue weighted by Crippen LogP contribution is -2.19. The van der Waals surface area contributed by atoms with Crippen molar-refractivity contribution in [2.24, 2.45) is 0 Å². The molecule has 0 saturated heterocycles. The number of nitrogens with one attached hydrogen (secondary N) is 3. The minimum atomic E-state index is -3.77. The fourth-order valence-electron chi connectivity index (χ4n) is 1.50. The highest BCUT2D eigenvalue weighted by atomic mass is 35.5. The van der Waals surface area contributed by atoms with Crippen LogP contribution in [0.2, 0.25) is 5.02 Å². The number of hydrogen-bond donors (Lipinski definition) is 3. The van der Waals surface area contributed by atoms with Crippen molar-refractivity contribution in [3.05, 3.63) is 41.0 Å². The highest BCUT2D eigenvalue weighted by molar-refractivity contribution is 7.92. The Morgan fingerprint density at radius 2 is 2.10 bits per heavy atom. The van der Waals surface area contributed by atoms with Gasteiger partial charge in [-0.3, -0.25) is 14.6 Å². The van der Waals surface area contributed by atoms with Gasteiger partial charge in [-0.1, -0.05) is 11.6 Å². The molecule has 0 aliphatic carbocycles. The maximum atomic E-state index is 12.0. The Balaban J connectivity index is 2.33. The summed E-state index contributed by atoms with van der Waals surface area (Å²) in [6, 6.07) is 5.58. The second-order valence-corrected chi connectivity index (χ2v) is 5.86. The minimum absolute atomic E-state index is 0.0751. The Kier molecular flexibility index (Phi) is 3.96. The monoisotopic (exact) mass is 314 g/mol. The zero-order valence-electron chi connectivity index (χ0n) is 10.3. The Hall–Kier alpha value is -2.06. The molecule has 106 valence electrons. The summed E-state index contributed by atoms with van der Waals surface area (Å²) in [5.74, 6) is -0.405. The molecule has 0 aliphatic heterocycles. The number of rotatable bonds is 4. The minimum Gasteiger partial charge on any atom is -0.355 e. The van der Waals surface area contributed by atoms with Crippen LogP contribution in [0.25, 0.3) is 0 Å². The van der Waals surface area contributed by atoms with E-state index in [1.807, 2.05) is 0 Å². The van der Waals surface area contributed by atoms with Crippen molar-refractivity contribution in [1.82, 2.24) is 15.5 Å². The van der Waals surface area contributed by atoms with Gasteiger partial charge >= 0.3 is 0 Å². The van der Waals surface area contributed by atoms with E-state index < -0.39 is 15.9 Å². The molecule has 0 unspecified atom stereocenters. The van der Waals surface area contributed by atoms with Crippen molar-refractivity contribution >= 4 is 33.2 Å². The summed E-state index contributed by atoms with van der Waals surface area (Å²) in [6.45, 7) is 0. The summed E-state index contributed by atoms with van der Waals surface area (Å²) in [5.41, 5.74) is 0.404. The lowest BCUT2D eigenvalue weighted by atomic mass is 10.2. The van der Waals surface area contributed by atoms with Crippen LogP contribution in [0.5, 0.6) is 0 Å². The van der Waals surface area contributed by atoms with Crippen LogP contribution in [0.15, 0.2) is 35.5 Å². The summed E-state index contributed by atoms with van der Waals surface area (Å²) in [4.78, 5) is 11.6. The molecule has 9 heteroatoms. The van der Waals surface area contributed by atoms with Crippen molar-refractivity contribution in [1.29, 1.82) is 0 Å². The second kappa shape index (κ2) is 5.51. The molecule has 0 spiro atoms. The van der Waals surface area contributed by atoms with Gasteiger partial charge in [0, 0.05) is 12.7 Å². The van der Waals surface area contributed by atoms with Gasteiger partial charge in [0.2, 0.25) is 0 Å².